The molecule has 5 nitrogen and oxygen atoms in total. The van der Waals surface area contributed by atoms with Crippen molar-refractivity contribution in [2.24, 2.45) is 0 Å². The smallest absolute Gasteiger partial charge is 0.240 e. The summed E-state index contributed by atoms with van der Waals surface area (Å²) in [5, 5.41) is 7.09. The summed E-state index contributed by atoms with van der Waals surface area (Å²) in [4.78, 5) is 14.6. The minimum absolute atomic E-state index is 0.160. The number of likely N-dealkylation sites (tertiary alicyclic amines) is 1. The van der Waals surface area contributed by atoms with Gasteiger partial charge in [0.15, 0.2) is 0 Å². The van der Waals surface area contributed by atoms with Gasteiger partial charge in [-0.05, 0) is 43.9 Å². The number of benzene rings is 1. The third kappa shape index (κ3) is 4.27. The van der Waals surface area contributed by atoms with Crippen molar-refractivity contribution in [3.8, 4) is 5.75 Å². The molecule has 1 aromatic rings. The number of rotatable bonds is 5. The second-order valence-corrected chi connectivity index (χ2v) is 7.55. The van der Waals surface area contributed by atoms with Crippen molar-refractivity contribution in [3.63, 3.8) is 0 Å². The van der Waals surface area contributed by atoms with Gasteiger partial charge in [0, 0.05) is 32.7 Å². The molecule has 2 saturated heterocycles. The highest BCUT2D eigenvalue weighted by Gasteiger charge is 2.42. The Labute approximate surface area is 155 Å². The molecule has 2 N–H and O–H groups in total. The van der Waals surface area contributed by atoms with E-state index in [9.17, 15) is 4.79 Å². The lowest BCUT2D eigenvalue weighted by molar-refractivity contribution is -0.131. The molecule has 0 aromatic heterocycles. The van der Waals surface area contributed by atoms with Gasteiger partial charge in [0.25, 0.3) is 0 Å². The van der Waals surface area contributed by atoms with Crippen LogP contribution in [0.5, 0.6) is 5.75 Å². The molecule has 0 bridgehead atoms. The lowest BCUT2D eigenvalue weighted by Crippen LogP contribution is -2.66. The van der Waals surface area contributed by atoms with Crippen molar-refractivity contribution in [3.05, 3.63) is 28.8 Å². The maximum Gasteiger partial charge on any atom is 0.240 e. The SMILES string of the molecule is CC[C@@H](C)Oc1ccc(CN2CCC3(CC2)NCCNC3=O)cc1Cl. The minimum Gasteiger partial charge on any atom is -0.489 e. The van der Waals surface area contributed by atoms with Gasteiger partial charge in [-0.3, -0.25) is 9.69 Å². The van der Waals surface area contributed by atoms with Gasteiger partial charge >= 0.3 is 0 Å². The van der Waals surface area contributed by atoms with E-state index in [4.69, 9.17) is 16.3 Å². The first kappa shape index (κ1) is 18.5. The maximum absolute atomic E-state index is 12.2. The zero-order valence-corrected chi connectivity index (χ0v) is 15.9. The Bertz CT molecular complexity index is 615. The van der Waals surface area contributed by atoms with Crippen molar-refractivity contribution < 1.29 is 9.53 Å². The summed E-state index contributed by atoms with van der Waals surface area (Å²) in [6.07, 6.45) is 2.81. The van der Waals surface area contributed by atoms with Crippen LogP contribution in [0.1, 0.15) is 38.7 Å². The fourth-order valence-corrected chi connectivity index (χ4v) is 3.77. The van der Waals surface area contributed by atoms with Gasteiger partial charge in [0.1, 0.15) is 11.3 Å². The van der Waals surface area contributed by atoms with Crippen LogP contribution in [0.15, 0.2) is 18.2 Å². The molecule has 138 valence electrons. The van der Waals surface area contributed by atoms with Gasteiger partial charge < -0.3 is 15.4 Å². The molecule has 0 radical (unpaired) electrons. The number of ether oxygens (including phenoxy) is 1. The van der Waals surface area contributed by atoms with E-state index in [0.717, 1.165) is 57.7 Å². The fourth-order valence-electron chi connectivity index (χ4n) is 3.52. The molecule has 25 heavy (non-hydrogen) atoms. The molecule has 0 unspecified atom stereocenters. The number of carbonyl (C=O) groups excluding carboxylic acids is 1. The highest BCUT2D eigenvalue weighted by Crippen LogP contribution is 2.29. The van der Waals surface area contributed by atoms with Crippen molar-refractivity contribution in [2.75, 3.05) is 26.2 Å². The molecular weight excluding hydrogens is 338 g/mol. The Kier molecular flexibility index (Phi) is 5.87. The second kappa shape index (κ2) is 7.94. The van der Waals surface area contributed by atoms with E-state index in [1.807, 2.05) is 19.1 Å². The molecular formula is C19H28ClN3O2. The van der Waals surface area contributed by atoms with Crippen molar-refractivity contribution in [1.29, 1.82) is 0 Å². The fraction of sp³-hybridized carbons (Fsp3) is 0.632. The number of hydrogen-bond donors (Lipinski definition) is 2. The van der Waals surface area contributed by atoms with Crippen LogP contribution in [0.4, 0.5) is 0 Å². The Hall–Kier alpha value is -1.30. The van der Waals surface area contributed by atoms with Gasteiger partial charge in [-0.2, -0.15) is 0 Å². The van der Waals surface area contributed by atoms with Crippen LogP contribution in [-0.4, -0.2) is 48.6 Å². The summed E-state index contributed by atoms with van der Waals surface area (Å²) >= 11 is 6.38. The van der Waals surface area contributed by atoms with Crippen LogP contribution < -0.4 is 15.4 Å². The third-order valence-electron chi connectivity index (χ3n) is 5.32. The Morgan fingerprint density at radius 3 is 2.72 bits per heavy atom. The maximum atomic E-state index is 12.2. The lowest BCUT2D eigenvalue weighted by Gasteiger charge is -2.43. The van der Waals surface area contributed by atoms with E-state index in [1.54, 1.807) is 0 Å². The van der Waals surface area contributed by atoms with Crippen molar-refractivity contribution in [1.82, 2.24) is 15.5 Å². The van der Waals surface area contributed by atoms with Gasteiger partial charge in [-0.25, -0.2) is 0 Å². The predicted octanol–water partition coefficient (Wildman–Crippen LogP) is 2.57. The zero-order valence-electron chi connectivity index (χ0n) is 15.1. The van der Waals surface area contributed by atoms with E-state index >= 15 is 0 Å². The number of nitrogens with zero attached hydrogens (tertiary/aromatic N) is 1. The molecule has 2 aliphatic heterocycles. The second-order valence-electron chi connectivity index (χ2n) is 7.14. The molecule has 0 aliphatic carbocycles. The van der Waals surface area contributed by atoms with Crippen LogP contribution >= 0.6 is 11.6 Å². The first-order valence-corrected chi connectivity index (χ1v) is 9.61. The number of amides is 1. The van der Waals surface area contributed by atoms with E-state index in [-0.39, 0.29) is 17.6 Å². The predicted molar refractivity (Wildman–Crippen MR) is 100 cm³/mol. The van der Waals surface area contributed by atoms with Crippen LogP contribution in [0.3, 0.4) is 0 Å². The summed E-state index contributed by atoms with van der Waals surface area (Å²) in [7, 11) is 0. The summed E-state index contributed by atoms with van der Waals surface area (Å²) in [6, 6.07) is 6.04. The molecule has 2 aliphatic rings. The first-order valence-electron chi connectivity index (χ1n) is 9.23. The van der Waals surface area contributed by atoms with Crippen LogP contribution in [0.2, 0.25) is 5.02 Å². The molecule has 1 spiro atoms. The molecule has 0 saturated carbocycles. The topological polar surface area (TPSA) is 53.6 Å². The highest BCUT2D eigenvalue weighted by atomic mass is 35.5. The summed E-state index contributed by atoms with van der Waals surface area (Å²) in [6.45, 7) is 8.39. The van der Waals surface area contributed by atoms with Gasteiger partial charge in [0.2, 0.25) is 5.91 Å². The Balaban J connectivity index is 1.57. The average Bonchev–Trinajstić information content (AvgIpc) is 2.62. The van der Waals surface area contributed by atoms with E-state index in [2.05, 4.69) is 28.5 Å². The van der Waals surface area contributed by atoms with Crippen molar-refractivity contribution >= 4 is 17.5 Å². The zero-order chi connectivity index (χ0) is 17.9. The highest BCUT2D eigenvalue weighted by molar-refractivity contribution is 6.32. The number of nitrogens with one attached hydrogen (secondary N) is 2. The molecule has 2 fully saturated rings. The van der Waals surface area contributed by atoms with Crippen LogP contribution in [0, 0.1) is 0 Å². The monoisotopic (exact) mass is 365 g/mol. The van der Waals surface area contributed by atoms with Crippen molar-refractivity contribution in [2.45, 2.75) is 51.3 Å². The van der Waals surface area contributed by atoms with Gasteiger partial charge in [0.05, 0.1) is 11.1 Å². The minimum atomic E-state index is -0.361. The Morgan fingerprint density at radius 2 is 2.08 bits per heavy atom. The number of carbonyl (C=O) groups is 1. The largest absolute Gasteiger partial charge is 0.489 e. The molecule has 1 aromatic carbocycles. The molecule has 2 heterocycles. The molecule has 1 atom stereocenters. The van der Waals surface area contributed by atoms with E-state index < -0.39 is 0 Å². The Morgan fingerprint density at radius 1 is 1.32 bits per heavy atom. The average molecular weight is 366 g/mol. The van der Waals surface area contributed by atoms with Crippen LogP contribution in [-0.2, 0) is 11.3 Å². The molecule has 3 rings (SSSR count). The quantitative estimate of drug-likeness (QED) is 0.842. The van der Waals surface area contributed by atoms with Gasteiger partial charge in [-0.15, -0.1) is 0 Å². The lowest BCUT2D eigenvalue weighted by atomic mass is 9.85. The molecule has 1 amide bonds. The normalized spacial score (nSPS) is 21.8. The standard InChI is InChI=1S/C19H28ClN3O2/c1-3-14(2)25-17-5-4-15(12-16(17)20)13-23-10-6-19(7-11-23)18(24)21-8-9-22-19/h4-5,12,14,22H,3,6-11,13H2,1-2H3,(H,21,24)/t14-/m1/s1. The summed E-state index contributed by atoms with van der Waals surface area (Å²) < 4.78 is 5.83. The number of halogens is 1. The molecule has 6 heteroatoms. The summed E-state index contributed by atoms with van der Waals surface area (Å²) in [5.41, 5.74) is 0.818. The first-order chi connectivity index (χ1) is 12.0. The van der Waals surface area contributed by atoms with E-state index in [1.165, 1.54) is 5.56 Å². The number of piperazine rings is 1. The summed E-state index contributed by atoms with van der Waals surface area (Å²) in [5.74, 6) is 0.911. The van der Waals surface area contributed by atoms with Crippen LogP contribution in [0.25, 0.3) is 0 Å². The van der Waals surface area contributed by atoms with E-state index in [0.29, 0.717) is 5.02 Å². The van der Waals surface area contributed by atoms with Gasteiger partial charge in [-0.1, -0.05) is 24.6 Å². The third-order valence-corrected chi connectivity index (χ3v) is 5.62. The number of hydrogen-bond acceptors (Lipinski definition) is 4. The number of piperidine rings is 1.